The predicted octanol–water partition coefficient (Wildman–Crippen LogP) is 2.89. The zero-order chi connectivity index (χ0) is 13.1. The maximum atomic E-state index is 11.9. The van der Waals surface area contributed by atoms with Gasteiger partial charge in [-0.25, -0.2) is 0 Å². The summed E-state index contributed by atoms with van der Waals surface area (Å²) in [5, 5.41) is 12.3. The molecule has 4 heteroatoms. The highest BCUT2D eigenvalue weighted by atomic mass is 16.3. The van der Waals surface area contributed by atoms with Gasteiger partial charge in [-0.15, -0.1) is 0 Å². The van der Waals surface area contributed by atoms with Crippen LogP contribution in [0, 0.1) is 6.92 Å². The molecule has 2 rings (SSSR count). The van der Waals surface area contributed by atoms with Crippen molar-refractivity contribution < 1.29 is 14.3 Å². The average Bonchev–Trinajstić information content (AvgIpc) is 2.76. The highest BCUT2D eigenvalue weighted by molar-refractivity contribution is 6.04. The van der Waals surface area contributed by atoms with Gasteiger partial charge in [0.1, 0.15) is 5.76 Å². The third kappa shape index (κ3) is 2.60. The first-order chi connectivity index (χ1) is 8.58. The smallest absolute Gasteiger partial charge is 0.259 e. The van der Waals surface area contributed by atoms with E-state index < -0.39 is 6.10 Å². The fourth-order valence-corrected chi connectivity index (χ4v) is 1.70. The Hall–Kier alpha value is -2.07. The van der Waals surface area contributed by atoms with Crippen molar-refractivity contribution in [2.75, 3.05) is 5.32 Å². The molecule has 0 bridgehead atoms. The van der Waals surface area contributed by atoms with Crippen LogP contribution in [0.25, 0.3) is 0 Å². The summed E-state index contributed by atoms with van der Waals surface area (Å²) in [6.45, 7) is 3.42. The molecule has 1 heterocycles. The molecule has 0 aliphatic carbocycles. The molecule has 0 saturated heterocycles. The van der Waals surface area contributed by atoms with Gasteiger partial charge in [0.05, 0.1) is 17.9 Å². The molecule has 18 heavy (non-hydrogen) atoms. The van der Waals surface area contributed by atoms with Gasteiger partial charge in [0.2, 0.25) is 0 Å². The van der Waals surface area contributed by atoms with Gasteiger partial charge in [0.25, 0.3) is 5.91 Å². The molecule has 4 nitrogen and oxygen atoms in total. The monoisotopic (exact) mass is 245 g/mol. The zero-order valence-corrected chi connectivity index (χ0v) is 10.3. The summed E-state index contributed by atoms with van der Waals surface area (Å²) in [5.41, 5.74) is 1.92. The van der Waals surface area contributed by atoms with E-state index in [4.69, 9.17) is 4.42 Å². The molecule has 0 spiro atoms. The molecule has 1 aromatic carbocycles. The van der Waals surface area contributed by atoms with E-state index in [1.807, 2.05) is 6.07 Å². The fourth-order valence-electron chi connectivity index (χ4n) is 1.70. The Morgan fingerprint density at radius 1 is 1.39 bits per heavy atom. The van der Waals surface area contributed by atoms with Crippen molar-refractivity contribution in [3.8, 4) is 0 Å². The lowest BCUT2D eigenvalue weighted by Gasteiger charge is -2.08. The standard InChI is InChI=1S/C14H15NO3/c1-9(16)11-4-3-5-12(8-11)15-14(17)13-6-7-18-10(13)2/h3-9,16H,1-2H3,(H,15,17). The maximum absolute atomic E-state index is 11.9. The number of hydrogen-bond donors (Lipinski definition) is 2. The molecule has 1 aromatic heterocycles. The van der Waals surface area contributed by atoms with Crippen LogP contribution in [0.3, 0.4) is 0 Å². The number of carbonyl (C=O) groups excluding carboxylic acids is 1. The highest BCUT2D eigenvalue weighted by Crippen LogP contribution is 2.18. The minimum absolute atomic E-state index is 0.219. The summed E-state index contributed by atoms with van der Waals surface area (Å²) < 4.78 is 5.08. The van der Waals surface area contributed by atoms with E-state index in [1.165, 1.54) is 6.26 Å². The Bertz CT molecular complexity index is 558. The molecule has 0 saturated carbocycles. The van der Waals surface area contributed by atoms with Gasteiger partial charge in [-0.05, 0) is 37.6 Å². The molecular formula is C14H15NO3. The molecule has 1 unspecified atom stereocenters. The van der Waals surface area contributed by atoms with Gasteiger partial charge < -0.3 is 14.8 Å². The number of furan rings is 1. The Kier molecular flexibility index (Phi) is 3.48. The van der Waals surface area contributed by atoms with Crippen LogP contribution in [0.1, 0.15) is 34.7 Å². The van der Waals surface area contributed by atoms with Crippen LogP contribution in [0.5, 0.6) is 0 Å². The van der Waals surface area contributed by atoms with E-state index in [9.17, 15) is 9.90 Å². The second-order valence-corrected chi connectivity index (χ2v) is 4.15. The number of benzene rings is 1. The lowest BCUT2D eigenvalue weighted by molar-refractivity contribution is 0.102. The Morgan fingerprint density at radius 2 is 2.17 bits per heavy atom. The number of rotatable bonds is 3. The normalized spacial score (nSPS) is 12.2. The number of aliphatic hydroxyl groups excluding tert-OH is 1. The molecular weight excluding hydrogens is 230 g/mol. The minimum atomic E-state index is -0.558. The second-order valence-electron chi connectivity index (χ2n) is 4.15. The lowest BCUT2D eigenvalue weighted by atomic mass is 10.1. The summed E-state index contributed by atoms with van der Waals surface area (Å²) >= 11 is 0. The second kappa shape index (κ2) is 5.06. The summed E-state index contributed by atoms with van der Waals surface area (Å²) in [6.07, 6.45) is 0.925. The van der Waals surface area contributed by atoms with E-state index in [1.54, 1.807) is 38.1 Å². The van der Waals surface area contributed by atoms with Crippen LogP contribution >= 0.6 is 0 Å². The van der Waals surface area contributed by atoms with E-state index in [0.29, 0.717) is 17.0 Å². The van der Waals surface area contributed by atoms with Crippen molar-refractivity contribution in [1.82, 2.24) is 0 Å². The van der Waals surface area contributed by atoms with Crippen molar-refractivity contribution in [2.24, 2.45) is 0 Å². The van der Waals surface area contributed by atoms with Gasteiger partial charge in [-0.3, -0.25) is 4.79 Å². The predicted molar refractivity (Wildman–Crippen MR) is 68.5 cm³/mol. The third-order valence-corrected chi connectivity index (χ3v) is 2.73. The molecule has 1 atom stereocenters. The van der Waals surface area contributed by atoms with E-state index in [0.717, 1.165) is 5.56 Å². The van der Waals surface area contributed by atoms with Crippen LogP contribution in [0.4, 0.5) is 5.69 Å². The fraction of sp³-hybridized carbons (Fsp3) is 0.214. The van der Waals surface area contributed by atoms with E-state index >= 15 is 0 Å². The Morgan fingerprint density at radius 3 is 2.78 bits per heavy atom. The largest absolute Gasteiger partial charge is 0.469 e. The van der Waals surface area contributed by atoms with Crippen LogP contribution in [-0.2, 0) is 0 Å². The summed E-state index contributed by atoms with van der Waals surface area (Å²) in [5.74, 6) is 0.364. The molecule has 1 amide bonds. The topological polar surface area (TPSA) is 62.5 Å². The van der Waals surface area contributed by atoms with Gasteiger partial charge in [0.15, 0.2) is 0 Å². The number of nitrogens with one attached hydrogen (secondary N) is 1. The van der Waals surface area contributed by atoms with Crippen molar-refractivity contribution in [3.63, 3.8) is 0 Å². The van der Waals surface area contributed by atoms with Crippen LogP contribution < -0.4 is 5.32 Å². The molecule has 0 aliphatic heterocycles. The Balaban J connectivity index is 2.17. The van der Waals surface area contributed by atoms with Crippen LogP contribution in [-0.4, -0.2) is 11.0 Å². The van der Waals surface area contributed by atoms with Crippen molar-refractivity contribution in [2.45, 2.75) is 20.0 Å². The van der Waals surface area contributed by atoms with Crippen LogP contribution in [0.15, 0.2) is 41.0 Å². The first-order valence-electron chi connectivity index (χ1n) is 5.71. The lowest BCUT2D eigenvalue weighted by Crippen LogP contribution is -2.12. The number of hydrogen-bond acceptors (Lipinski definition) is 3. The van der Waals surface area contributed by atoms with Crippen LogP contribution in [0.2, 0.25) is 0 Å². The first kappa shape index (κ1) is 12.4. The maximum Gasteiger partial charge on any atom is 0.259 e. The van der Waals surface area contributed by atoms with Crippen molar-refractivity contribution in [1.29, 1.82) is 0 Å². The summed E-state index contributed by atoms with van der Waals surface area (Å²) in [6, 6.07) is 8.75. The third-order valence-electron chi connectivity index (χ3n) is 2.73. The molecule has 0 aliphatic rings. The average molecular weight is 245 g/mol. The number of anilines is 1. The molecule has 2 N–H and O–H groups in total. The zero-order valence-electron chi connectivity index (χ0n) is 10.3. The number of aliphatic hydroxyl groups is 1. The highest BCUT2D eigenvalue weighted by Gasteiger charge is 2.12. The van der Waals surface area contributed by atoms with Gasteiger partial charge >= 0.3 is 0 Å². The molecule has 0 radical (unpaired) electrons. The van der Waals surface area contributed by atoms with Crippen molar-refractivity contribution >= 4 is 11.6 Å². The van der Waals surface area contributed by atoms with E-state index in [-0.39, 0.29) is 5.91 Å². The molecule has 94 valence electrons. The quantitative estimate of drug-likeness (QED) is 0.874. The van der Waals surface area contributed by atoms with E-state index in [2.05, 4.69) is 5.32 Å². The summed E-state index contributed by atoms with van der Waals surface area (Å²) in [7, 11) is 0. The summed E-state index contributed by atoms with van der Waals surface area (Å²) in [4.78, 5) is 11.9. The number of carbonyl (C=O) groups is 1. The van der Waals surface area contributed by atoms with Gasteiger partial charge in [0, 0.05) is 5.69 Å². The minimum Gasteiger partial charge on any atom is -0.469 e. The molecule has 0 fully saturated rings. The molecule has 2 aromatic rings. The van der Waals surface area contributed by atoms with Gasteiger partial charge in [-0.1, -0.05) is 12.1 Å². The van der Waals surface area contributed by atoms with Crippen molar-refractivity contribution in [3.05, 3.63) is 53.5 Å². The SMILES string of the molecule is Cc1occc1C(=O)Nc1cccc(C(C)O)c1. The number of aryl methyl sites for hydroxylation is 1. The van der Waals surface area contributed by atoms with Gasteiger partial charge in [-0.2, -0.15) is 0 Å². The first-order valence-corrected chi connectivity index (χ1v) is 5.71. The Labute approximate surface area is 105 Å². The number of amides is 1.